The lowest BCUT2D eigenvalue weighted by atomic mass is 10.4. The molecule has 0 fully saturated rings. The molecule has 1 aliphatic rings. The largest absolute Gasteiger partial charge is 0.381 e. The average molecular weight is 138 g/mol. The van der Waals surface area contributed by atoms with Gasteiger partial charge in [0.25, 0.3) is 0 Å². The second-order valence-electron chi connectivity index (χ2n) is 2.35. The van der Waals surface area contributed by atoms with E-state index in [0.717, 1.165) is 18.8 Å². The molecular formula is C7H10N2O. The smallest absolute Gasteiger partial charge is 0.0887 e. The van der Waals surface area contributed by atoms with Crippen molar-refractivity contribution >= 4 is 5.69 Å². The van der Waals surface area contributed by atoms with Crippen LogP contribution < -0.4 is 5.32 Å². The molecule has 0 atom stereocenters. The Balaban J connectivity index is 2.28. The maximum atomic E-state index is 5.29. The van der Waals surface area contributed by atoms with Gasteiger partial charge in [-0.1, -0.05) is 0 Å². The predicted octanol–water partition coefficient (Wildman–Crippen LogP) is 0.957. The number of aromatic nitrogens is 1. The fourth-order valence-corrected chi connectivity index (χ4v) is 1.12. The van der Waals surface area contributed by atoms with Gasteiger partial charge in [-0.15, -0.1) is 0 Å². The van der Waals surface area contributed by atoms with Crippen LogP contribution in [-0.2, 0) is 11.3 Å². The summed E-state index contributed by atoms with van der Waals surface area (Å²) in [5.41, 5.74) is 2.33. The molecule has 10 heavy (non-hydrogen) atoms. The number of hydrogen-bond acceptors (Lipinski definition) is 2. The number of fused-ring (bicyclic) bond motifs is 1. The van der Waals surface area contributed by atoms with Crippen molar-refractivity contribution in [1.29, 1.82) is 0 Å². The minimum absolute atomic E-state index is 0.704. The molecular weight excluding hydrogens is 128 g/mol. The minimum Gasteiger partial charge on any atom is -0.381 e. The molecule has 0 unspecified atom stereocenters. The van der Waals surface area contributed by atoms with Gasteiger partial charge in [0.1, 0.15) is 0 Å². The van der Waals surface area contributed by atoms with Crippen molar-refractivity contribution in [1.82, 2.24) is 4.98 Å². The molecule has 0 amide bonds. The highest BCUT2D eigenvalue weighted by molar-refractivity contribution is 5.48. The Bertz CT molecular complexity index is 199. The Morgan fingerprint density at radius 2 is 2.50 bits per heavy atom. The molecule has 1 aliphatic heterocycles. The Morgan fingerprint density at radius 3 is 3.50 bits per heavy atom. The van der Waals surface area contributed by atoms with Gasteiger partial charge >= 0.3 is 0 Å². The predicted molar refractivity (Wildman–Crippen MR) is 38.9 cm³/mol. The van der Waals surface area contributed by atoms with E-state index in [0.29, 0.717) is 6.61 Å². The molecule has 1 aromatic rings. The Kier molecular flexibility index (Phi) is 1.36. The summed E-state index contributed by atoms with van der Waals surface area (Å²) in [6, 6.07) is 2.03. The van der Waals surface area contributed by atoms with E-state index in [-0.39, 0.29) is 0 Å². The van der Waals surface area contributed by atoms with E-state index in [2.05, 4.69) is 10.3 Å². The highest BCUT2D eigenvalue weighted by Gasteiger charge is 2.05. The highest BCUT2D eigenvalue weighted by Crippen LogP contribution is 2.15. The topological polar surface area (TPSA) is 37.0 Å². The first-order valence-corrected chi connectivity index (χ1v) is 3.45. The van der Waals surface area contributed by atoms with Gasteiger partial charge in [0, 0.05) is 12.7 Å². The first kappa shape index (κ1) is 5.80. The van der Waals surface area contributed by atoms with Crippen LogP contribution in [0.25, 0.3) is 0 Å². The van der Waals surface area contributed by atoms with Crippen molar-refractivity contribution in [3.8, 4) is 0 Å². The number of ether oxygens (including phenoxy) is 1. The fourth-order valence-electron chi connectivity index (χ4n) is 1.12. The lowest BCUT2D eigenvalue weighted by molar-refractivity contribution is 0.132. The Labute approximate surface area is 59.4 Å². The fraction of sp³-hybridized carbons (Fsp3) is 0.429. The zero-order valence-corrected chi connectivity index (χ0v) is 5.68. The molecule has 0 bridgehead atoms. The molecule has 2 rings (SSSR count). The first-order chi connectivity index (χ1) is 4.97. The van der Waals surface area contributed by atoms with Crippen LogP contribution in [0, 0.1) is 0 Å². The molecule has 0 radical (unpaired) electrons. The van der Waals surface area contributed by atoms with Crippen LogP contribution in [0.1, 0.15) is 5.69 Å². The van der Waals surface area contributed by atoms with Crippen LogP contribution in [0.5, 0.6) is 0 Å². The van der Waals surface area contributed by atoms with E-state index >= 15 is 0 Å². The summed E-state index contributed by atoms with van der Waals surface area (Å²) < 4.78 is 5.29. The average Bonchev–Trinajstić information content (AvgIpc) is 2.28. The van der Waals surface area contributed by atoms with Crippen molar-refractivity contribution in [2.45, 2.75) is 6.61 Å². The third-order valence-corrected chi connectivity index (χ3v) is 1.64. The quantitative estimate of drug-likeness (QED) is 0.560. The molecule has 54 valence electrons. The van der Waals surface area contributed by atoms with Crippen molar-refractivity contribution in [2.24, 2.45) is 0 Å². The summed E-state index contributed by atoms with van der Waals surface area (Å²) in [5.74, 6) is 0. The highest BCUT2D eigenvalue weighted by atomic mass is 16.5. The Hall–Kier alpha value is -0.960. The number of hydrogen-bond donors (Lipinski definition) is 2. The molecule has 0 spiro atoms. The Morgan fingerprint density at radius 1 is 1.50 bits per heavy atom. The number of rotatable bonds is 0. The molecule has 2 heterocycles. The summed E-state index contributed by atoms with van der Waals surface area (Å²) in [4.78, 5) is 3.11. The molecule has 2 N–H and O–H groups in total. The second kappa shape index (κ2) is 2.34. The van der Waals surface area contributed by atoms with Crippen LogP contribution in [0.15, 0.2) is 12.3 Å². The minimum atomic E-state index is 0.704. The molecule has 1 aromatic heterocycles. The third kappa shape index (κ3) is 0.885. The lowest BCUT2D eigenvalue weighted by Gasteiger charge is -1.96. The van der Waals surface area contributed by atoms with Gasteiger partial charge in [0.05, 0.1) is 24.6 Å². The van der Waals surface area contributed by atoms with E-state index in [4.69, 9.17) is 4.74 Å². The molecule has 3 nitrogen and oxygen atoms in total. The van der Waals surface area contributed by atoms with Crippen LogP contribution in [0.3, 0.4) is 0 Å². The summed E-state index contributed by atoms with van der Waals surface area (Å²) >= 11 is 0. The van der Waals surface area contributed by atoms with Crippen LogP contribution >= 0.6 is 0 Å². The van der Waals surface area contributed by atoms with Gasteiger partial charge in [-0.2, -0.15) is 0 Å². The molecule has 0 aromatic carbocycles. The van der Waals surface area contributed by atoms with Gasteiger partial charge in [0.2, 0.25) is 0 Å². The standard InChI is InChI=1S/C7H10N2O/c1-2-8-7-5-10-4-3-9-6(1)7/h1-2,8-9H,3-5H2. The molecule has 0 saturated heterocycles. The lowest BCUT2D eigenvalue weighted by Crippen LogP contribution is -2.03. The van der Waals surface area contributed by atoms with Gasteiger partial charge in [-0.05, 0) is 6.07 Å². The summed E-state index contributed by atoms with van der Waals surface area (Å²) in [6.45, 7) is 2.41. The van der Waals surface area contributed by atoms with E-state index < -0.39 is 0 Å². The van der Waals surface area contributed by atoms with Crippen molar-refractivity contribution in [3.63, 3.8) is 0 Å². The number of aromatic amines is 1. The van der Waals surface area contributed by atoms with Gasteiger partial charge in [-0.3, -0.25) is 0 Å². The summed E-state index contributed by atoms with van der Waals surface area (Å²) in [5, 5.41) is 3.25. The van der Waals surface area contributed by atoms with E-state index in [1.807, 2.05) is 12.3 Å². The van der Waals surface area contributed by atoms with Crippen molar-refractivity contribution in [3.05, 3.63) is 18.0 Å². The van der Waals surface area contributed by atoms with Crippen LogP contribution in [-0.4, -0.2) is 18.1 Å². The SMILES string of the molecule is c1cc2c([nH]1)COCCN2. The summed E-state index contributed by atoms with van der Waals surface area (Å²) in [7, 11) is 0. The molecule has 3 heteroatoms. The van der Waals surface area contributed by atoms with Gasteiger partial charge in [0.15, 0.2) is 0 Å². The van der Waals surface area contributed by atoms with Crippen LogP contribution in [0.4, 0.5) is 5.69 Å². The van der Waals surface area contributed by atoms with Crippen molar-refractivity contribution < 1.29 is 4.74 Å². The second-order valence-corrected chi connectivity index (χ2v) is 2.35. The first-order valence-electron chi connectivity index (χ1n) is 3.45. The van der Waals surface area contributed by atoms with Gasteiger partial charge < -0.3 is 15.0 Å². The number of anilines is 1. The maximum absolute atomic E-state index is 5.29. The molecule has 0 saturated carbocycles. The normalized spacial score (nSPS) is 17.2. The van der Waals surface area contributed by atoms with E-state index in [1.165, 1.54) is 5.69 Å². The zero-order valence-electron chi connectivity index (χ0n) is 5.68. The molecule has 0 aliphatic carbocycles. The van der Waals surface area contributed by atoms with Crippen LogP contribution in [0.2, 0.25) is 0 Å². The van der Waals surface area contributed by atoms with E-state index in [1.54, 1.807) is 0 Å². The zero-order chi connectivity index (χ0) is 6.81. The van der Waals surface area contributed by atoms with E-state index in [9.17, 15) is 0 Å². The maximum Gasteiger partial charge on any atom is 0.0887 e. The van der Waals surface area contributed by atoms with Gasteiger partial charge in [-0.25, -0.2) is 0 Å². The monoisotopic (exact) mass is 138 g/mol. The third-order valence-electron chi connectivity index (χ3n) is 1.64. The summed E-state index contributed by atoms with van der Waals surface area (Å²) in [6.07, 6.45) is 1.92. The number of H-pyrrole nitrogens is 1. The number of nitrogens with one attached hydrogen (secondary N) is 2. The van der Waals surface area contributed by atoms with Crippen molar-refractivity contribution in [2.75, 3.05) is 18.5 Å².